The van der Waals surface area contributed by atoms with Crippen LogP contribution in [0.5, 0.6) is 0 Å². The van der Waals surface area contributed by atoms with Gasteiger partial charge in [-0.1, -0.05) is 30.3 Å². The number of benzene rings is 1. The third-order valence-corrected chi connectivity index (χ3v) is 5.33. The molecule has 2 heterocycles. The highest BCUT2D eigenvalue weighted by molar-refractivity contribution is 7.10. The number of nitrogens with one attached hydrogen (secondary N) is 1. The van der Waals surface area contributed by atoms with Gasteiger partial charge in [-0.15, -0.1) is 11.3 Å². The first kappa shape index (κ1) is 16.7. The van der Waals surface area contributed by atoms with E-state index >= 15 is 0 Å². The van der Waals surface area contributed by atoms with E-state index in [0.29, 0.717) is 25.9 Å². The molecule has 0 saturated carbocycles. The Labute approximate surface area is 146 Å². The predicted octanol–water partition coefficient (Wildman–Crippen LogP) is 2.77. The third-order valence-electron chi connectivity index (χ3n) is 4.30. The van der Waals surface area contributed by atoms with Crippen LogP contribution in [-0.2, 0) is 29.0 Å². The summed E-state index contributed by atoms with van der Waals surface area (Å²) in [7, 11) is 0. The summed E-state index contributed by atoms with van der Waals surface area (Å²) in [4.78, 5) is 27.4. The van der Waals surface area contributed by atoms with Crippen molar-refractivity contribution in [3.05, 3.63) is 57.8 Å². The second-order valence-corrected chi connectivity index (χ2v) is 7.02. The van der Waals surface area contributed by atoms with Crippen LogP contribution in [0.1, 0.15) is 28.8 Å². The molecule has 0 bridgehead atoms. The lowest BCUT2D eigenvalue weighted by Crippen LogP contribution is -2.37. The number of rotatable bonds is 6. The molecule has 5 heteroatoms. The summed E-state index contributed by atoms with van der Waals surface area (Å²) in [5.41, 5.74) is 2.43. The van der Waals surface area contributed by atoms with Crippen molar-refractivity contribution in [3.8, 4) is 0 Å². The van der Waals surface area contributed by atoms with Gasteiger partial charge in [0.05, 0.1) is 0 Å². The Kier molecular flexibility index (Phi) is 5.64. The molecule has 1 N–H and O–H groups in total. The number of fused-ring (bicyclic) bond motifs is 1. The monoisotopic (exact) mass is 342 g/mol. The van der Waals surface area contributed by atoms with Crippen LogP contribution < -0.4 is 5.32 Å². The highest BCUT2D eigenvalue weighted by atomic mass is 32.1. The SMILES string of the molecule is O=C(CCc1ccccc1)NCCC(=O)N1CCc2sccc2C1. The molecule has 0 unspecified atom stereocenters. The molecule has 126 valence electrons. The first-order chi connectivity index (χ1) is 11.7. The number of hydrogen-bond acceptors (Lipinski definition) is 3. The average Bonchev–Trinajstić information content (AvgIpc) is 3.08. The lowest BCUT2D eigenvalue weighted by atomic mass is 10.1. The molecule has 1 aromatic carbocycles. The second kappa shape index (κ2) is 8.11. The maximum Gasteiger partial charge on any atom is 0.224 e. The smallest absolute Gasteiger partial charge is 0.224 e. The van der Waals surface area contributed by atoms with Gasteiger partial charge in [0, 0.05) is 37.4 Å². The van der Waals surface area contributed by atoms with Crippen molar-refractivity contribution in [2.75, 3.05) is 13.1 Å². The van der Waals surface area contributed by atoms with Gasteiger partial charge in [0.25, 0.3) is 0 Å². The summed E-state index contributed by atoms with van der Waals surface area (Å²) in [5, 5.41) is 4.94. The highest BCUT2D eigenvalue weighted by Gasteiger charge is 2.21. The molecular formula is C19H22N2O2S. The molecule has 4 nitrogen and oxygen atoms in total. The summed E-state index contributed by atoms with van der Waals surface area (Å²) >= 11 is 1.77. The van der Waals surface area contributed by atoms with Gasteiger partial charge in [-0.3, -0.25) is 9.59 Å². The number of thiophene rings is 1. The van der Waals surface area contributed by atoms with E-state index in [1.807, 2.05) is 35.2 Å². The Morgan fingerprint density at radius 3 is 2.79 bits per heavy atom. The van der Waals surface area contributed by atoms with Gasteiger partial charge in [-0.2, -0.15) is 0 Å². The zero-order chi connectivity index (χ0) is 16.8. The summed E-state index contributed by atoms with van der Waals surface area (Å²) < 4.78 is 0. The van der Waals surface area contributed by atoms with Crippen LogP contribution in [0.25, 0.3) is 0 Å². The molecule has 0 spiro atoms. The minimum absolute atomic E-state index is 0.00502. The topological polar surface area (TPSA) is 49.4 Å². The fourth-order valence-electron chi connectivity index (χ4n) is 2.92. The Balaban J connectivity index is 1.35. The molecule has 1 aromatic heterocycles. The van der Waals surface area contributed by atoms with Gasteiger partial charge in [0.2, 0.25) is 11.8 Å². The van der Waals surface area contributed by atoms with Crippen LogP contribution in [0.4, 0.5) is 0 Å². The molecule has 0 fully saturated rings. The maximum atomic E-state index is 12.3. The summed E-state index contributed by atoms with van der Waals surface area (Å²) in [5.74, 6) is 0.126. The van der Waals surface area contributed by atoms with E-state index in [0.717, 1.165) is 24.9 Å². The molecule has 1 aliphatic heterocycles. The summed E-state index contributed by atoms with van der Waals surface area (Å²) in [6.45, 7) is 1.91. The van der Waals surface area contributed by atoms with Crippen molar-refractivity contribution >= 4 is 23.2 Å². The largest absolute Gasteiger partial charge is 0.356 e. The van der Waals surface area contributed by atoms with Crippen LogP contribution in [0.15, 0.2) is 41.8 Å². The first-order valence-corrected chi connectivity index (χ1v) is 9.24. The Morgan fingerprint density at radius 1 is 1.12 bits per heavy atom. The van der Waals surface area contributed by atoms with Crippen molar-refractivity contribution in [3.63, 3.8) is 0 Å². The summed E-state index contributed by atoms with van der Waals surface area (Å²) in [6.07, 6.45) is 2.51. The average molecular weight is 342 g/mol. The van der Waals surface area contributed by atoms with E-state index in [2.05, 4.69) is 16.8 Å². The van der Waals surface area contributed by atoms with E-state index < -0.39 is 0 Å². The zero-order valence-corrected chi connectivity index (χ0v) is 14.5. The van der Waals surface area contributed by atoms with Crippen LogP contribution in [-0.4, -0.2) is 29.8 Å². The van der Waals surface area contributed by atoms with Gasteiger partial charge in [-0.25, -0.2) is 0 Å². The molecular weight excluding hydrogens is 320 g/mol. The zero-order valence-electron chi connectivity index (χ0n) is 13.7. The van der Waals surface area contributed by atoms with Crippen molar-refractivity contribution in [2.24, 2.45) is 0 Å². The number of amides is 2. The molecule has 2 aromatic rings. The lowest BCUT2D eigenvalue weighted by molar-refractivity contribution is -0.132. The number of aryl methyl sites for hydroxylation is 1. The second-order valence-electron chi connectivity index (χ2n) is 6.02. The van der Waals surface area contributed by atoms with Gasteiger partial charge in [0.1, 0.15) is 0 Å². The molecule has 0 radical (unpaired) electrons. The molecule has 0 aliphatic carbocycles. The van der Waals surface area contributed by atoms with Crippen LogP contribution in [0.3, 0.4) is 0 Å². The standard InChI is InChI=1S/C19H22N2O2S/c22-18(7-6-15-4-2-1-3-5-15)20-11-8-19(23)21-12-9-17-16(14-21)10-13-24-17/h1-5,10,13H,6-9,11-12,14H2,(H,20,22). The van der Waals surface area contributed by atoms with E-state index in [9.17, 15) is 9.59 Å². The van der Waals surface area contributed by atoms with Crippen LogP contribution in [0.2, 0.25) is 0 Å². The lowest BCUT2D eigenvalue weighted by Gasteiger charge is -2.27. The molecule has 0 atom stereocenters. The van der Waals surface area contributed by atoms with Crippen molar-refractivity contribution in [1.82, 2.24) is 10.2 Å². The molecule has 2 amide bonds. The van der Waals surface area contributed by atoms with E-state index in [4.69, 9.17) is 0 Å². The maximum absolute atomic E-state index is 12.3. The van der Waals surface area contributed by atoms with E-state index in [1.54, 1.807) is 11.3 Å². The normalized spacial score (nSPS) is 13.4. The first-order valence-electron chi connectivity index (χ1n) is 8.36. The molecule has 24 heavy (non-hydrogen) atoms. The predicted molar refractivity (Wildman–Crippen MR) is 95.8 cm³/mol. The number of nitrogens with zero attached hydrogens (tertiary/aromatic N) is 1. The minimum atomic E-state index is 0.00502. The quantitative estimate of drug-likeness (QED) is 0.877. The fourth-order valence-corrected chi connectivity index (χ4v) is 3.81. The summed E-state index contributed by atoms with van der Waals surface area (Å²) in [6, 6.07) is 12.1. The Morgan fingerprint density at radius 2 is 1.96 bits per heavy atom. The van der Waals surface area contributed by atoms with Crippen molar-refractivity contribution in [1.29, 1.82) is 0 Å². The van der Waals surface area contributed by atoms with Crippen LogP contribution in [0, 0.1) is 0 Å². The molecule has 3 rings (SSSR count). The van der Waals surface area contributed by atoms with Gasteiger partial charge in [0.15, 0.2) is 0 Å². The Bertz CT molecular complexity index is 696. The molecule has 1 aliphatic rings. The van der Waals surface area contributed by atoms with E-state index in [1.165, 1.54) is 10.4 Å². The fraction of sp³-hybridized carbons (Fsp3) is 0.368. The number of carbonyl (C=O) groups excluding carboxylic acids is 2. The minimum Gasteiger partial charge on any atom is -0.356 e. The number of carbonyl (C=O) groups is 2. The van der Waals surface area contributed by atoms with E-state index in [-0.39, 0.29) is 11.8 Å². The van der Waals surface area contributed by atoms with Crippen LogP contribution >= 0.6 is 11.3 Å². The molecule has 0 saturated heterocycles. The van der Waals surface area contributed by atoms with Gasteiger partial charge < -0.3 is 10.2 Å². The van der Waals surface area contributed by atoms with Gasteiger partial charge in [-0.05, 0) is 35.4 Å². The Hall–Kier alpha value is -2.14. The van der Waals surface area contributed by atoms with Gasteiger partial charge >= 0.3 is 0 Å². The number of hydrogen-bond donors (Lipinski definition) is 1. The third kappa shape index (κ3) is 4.45. The highest BCUT2D eigenvalue weighted by Crippen LogP contribution is 2.24. The van der Waals surface area contributed by atoms with Crippen molar-refractivity contribution < 1.29 is 9.59 Å². The van der Waals surface area contributed by atoms with Crippen molar-refractivity contribution in [2.45, 2.75) is 32.2 Å².